The first-order valence-electron chi connectivity index (χ1n) is 7.96. The van der Waals surface area contributed by atoms with Gasteiger partial charge in [-0.3, -0.25) is 18.9 Å². The summed E-state index contributed by atoms with van der Waals surface area (Å²) in [5.74, 6) is 0. The van der Waals surface area contributed by atoms with Gasteiger partial charge in [0, 0.05) is 12.3 Å². The van der Waals surface area contributed by atoms with Crippen LogP contribution in [0, 0.1) is 0 Å². The second-order valence-corrected chi connectivity index (χ2v) is 10.5. The molecule has 0 spiro atoms. The maximum atomic E-state index is 11.9. The Bertz CT molecular complexity index is 1010. The Labute approximate surface area is 173 Å². The van der Waals surface area contributed by atoms with Gasteiger partial charge >= 0.3 is 29.2 Å². The van der Waals surface area contributed by atoms with E-state index in [0.717, 1.165) is 30.7 Å². The van der Waals surface area contributed by atoms with E-state index in [0.29, 0.717) is 0 Å². The van der Waals surface area contributed by atoms with Gasteiger partial charge in [0.05, 0.1) is 19.3 Å². The van der Waals surface area contributed by atoms with Gasteiger partial charge in [-0.15, -0.1) is 0 Å². The standard InChI is InChI=1S/C11H21N2O15P3/c1-7(15)11(2,26-9(5-14)13-4-3-8(16)12-10(13)17)6-25-30(21,22)28-31(23,24)27-29(18,19)20/h3-4,7,9,14-15H,5-6H2,1-2H3,(H,21,22)(H,23,24)(H,12,16,17)(H2,18,19,20)/t7-,9+,11+/m0/s1. The molecule has 0 radical (unpaired) electrons. The second-order valence-electron chi connectivity index (χ2n) is 6.13. The molecule has 1 aromatic heterocycles. The average molecular weight is 514 g/mol. The van der Waals surface area contributed by atoms with Crippen molar-refractivity contribution in [3.8, 4) is 0 Å². The van der Waals surface area contributed by atoms with E-state index in [4.69, 9.17) is 19.4 Å². The Morgan fingerprint density at radius 3 is 2.16 bits per heavy atom. The lowest BCUT2D eigenvalue weighted by atomic mass is 10.0. The number of ether oxygens (including phenoxy) is 1. The molecule has 0 fully saturated rings. The van der Waals surface area contributed by atoms with Crippen LogP contribution in [0.15, 0.2) is 21.9 Å². The number of hydrogen-bond donors (Lipinski definition) is 7. The predicted molar refractivity (Wildman–Crippen MR) is 98.4 cm³/mol. The van der Waals surface area contributed by atoms with Crippen molar-refractivity contribution in [1.82, 2.24) is 9.55 Å². The zero-order chi connectivity index (χ0) is 24.3. The summed E-state index contributed by atoms with van der Waals surface area (Å²) in [6, 6.07) is 0.930. The third-order valence-electron chi connectivity index (χ3n) is 3.54. The lowest BCUT2D eigenvalue weighted by Crippen LogP contribution is -2.48. The summed E-state index contributed by atoms with van der Waals surface area (Å²) in [5.41, 5.74) is -3.72. The number of H-pyrrole nitrogens is 1. The average Bonchev–Trinajstić information content (AvgIpc) is 2.55. The van der Waals surface area contributed by atoms with Crippen LogP contribution in [-0.4, -0.2) is 64.3 Å². The summed E-state index contributed by atoms with van der Waals surface area (Å²) in [5, 5.41) is 19.5. The SMILES string of the molecule is C[C@H](O)[C@@](C)(COP(=O)(O)OP(=O)(O)OP(=O)(O)O)O[C@H](CO)n1ccc(=O)[nH]c1=O. The van der Waals surface area contributed by atoms with Crippen molar-refractivity contribution in [3.05, 3.63) is 33.1 Å². The summed E-state index contributed by atoms with van der Waals surface area (Å²) in [6.45, 7) is 0.290. The van der Waals surface area contributed by atoms with Crippen LogP contribution in [-0.2, 0) is 31.6 Å². The highest BCUT2D eigenvalue weighted by atomic mass is 31.3. The van der Waals surface area contributed by atoms with Crippen molar-refractivity contribution in [3.63, 3.8) is 0 Å². The second kappa shape index (κ2) is 10.3. The monoisotopic (exact) mass is 514 g/mol. The van der Waals surface area contributed by atoms with Gasteiger partial charge in [0.25, 0.3) is 5.56 Å². The molecule has 0 bridgehead atoms. The first-order chi connectivity index (χ1) is 13.9. The molecule has 31 heavy (non-hydrogen) atoms. The molecule has 0 aliphatic carbocycles. The number of nitrogens with zero attached hydrogens (tertiary/aromatic N) is 1. The highest BCUT2D eigenvalue weighted by Crippen LogP contribution is 2.66. The molecule has 0 aliphatic heterocycles. The van der Waals surface area contributed by atoms with E-state index < -0.39 is 65.9 Å². The van der Waals surface area contributed by atoms with Crippen LogP contribution in [0.25, 0.3) is 0 Å². The quantitative estimate of drug-likeness (QED) is 0.157. The molecule has 2 unspecified atom stereocenters. The van der Waals surface area contributed by atoms with E-state index in [1.165, 1.54) is 0 Å². The molecule has 20 heteroatoms. The van der Waals surface area contributed by atoms with Gasteiger partial charge in [0.2, 0.25) is 0 Å². The van der Waals surface area contributed by atoms with Crippen LogP contribution in [0.5, 0.6) is 0 Å². The first-order valence-corrected chi connectivity index (χ1v) is 12.5. The minimum Gasteiger partial charge on any atom is -0.392 e. The van der Waals surface area contributed by atoms with Gasteiger partial charge in [-0.2, -0.15) is 8.62 Å². The summed E-state index contributed by atoms with van der Waals surface area (Å²) in [4.78, 5) is 60.6. The minimum absolute atomic E-state index is 0.729. The molecule has 0 saturated carbocycles. The summed E-state index contributed by atoms with van der Waals surface area (Å²) in [6.07, 6.45) is -2.09. The number of aliphatic hydroxyl groups excluding tert-OH is 2. The summed E-state index contributed by atoms with van der Waals surface area (Å²) >= 11 is 0. The van der Waals surface area contributed by atoms with Gasteiger partial charge < -0.3 is 34.5 Å². The highest BCUT2D eigenvalue weighted by Gasteiger charge is 2.43. The molecule has 0 aliphatic rings. The number of aliphatic hydroxyl groups is 2. The molecule has 180 valence electrons. The normalized spacial score (nSPS) is 20.3. The van der Waals surface area contributed by atoms with Crippen molar-refractivity contribution >= 4 is 23.5 Å². The molecule has 1 heterocycles. The summed E-state index contributed by atoms with van der Waals surface area (Å²) < 4.78 is 51.5. The van der Waals surface area contributed by atoms with E-state index in [1.54, 1.807) is 0 Å². The molecule has 0 saturated heterocycles. The molecule has 0 amide bonds. The van der Waals surface area contributed by atoms with Crippen LogP contribution in [0.1, 0.15) is 20.1 Å². The van der Waals surface area contributed by atoms with Gasteiger partial charge in [-0.1, -0.05) is 0 Å². The minimum atomic E-state index is -5.76. The van der Waals surface area contributed by atoms with E-state index in [9.17, 15) is 38.4 Å². The fraction of sp³-hybridized carbons (Fsp3) is 0.636. The predicted octanol–water partition coefficient (Wildman–Crippen LogP) is -1.47. The third kappa shape index (κ3) is 9.16. The Kier molecular flexibility index (Phi) is 9.28. The summed E-state index contributed by atoms with van der Waals surface area (Å²) in [7, 11) is -16.9. The van der Waals surface area contributed by atoms with Crippen LogP contribution in [0.3, 0.4) is 0 Å². The number of aromatic nitrogens is 2. The fourth-order valence-electron chi connectivity index (χ4n) is 1.91. The van der Waals surface area contributed by atoms with Crippen molar-refractivity contribution in [2.75, 3.05) is 13.2 Å². The van der Waals surface area contributed by atoms with Crippen LogP contribution >= 0.6 is 23.5 Å². The van der Waals surface area contributed by atoms with Crippen molar-refractivity contribution < 1.29 is 61.4 Å². The lowest BCUT2D eigenvalue weighted by Gasteiger charge is -2.36. The number of aromatic amines is 1. The molecule has 1 aromatic rings. The van der Waals surface area contributed by atoms with Gasteiger partial charge in [-0.05, 0) is 13.8 Å². The third-order valence-corrected chi connectivity index (χ3v) is 7.32. The fourth-order valence-corrected chi connectivity index (χ4v) is 5.03. The lowest BCUT2D eigenvalue weighted by molar-refractivity contribution is -0.191. The van der Waals surface area contributed by atoms with Crippen molar-refractivity contribution in [2.24, 2.45) is 0 Å². The molecular formula is C11H21N2O15P3. The Morgan fingerprint density at radius 2 is 1.71 bits per heavy atom. The number of rotatable bonds is 12. The number of nitrogens with one attached hydrogen (secondary N) is 1. The highest BCUT2D eigenvalue weighted by molar-refractivity contribution is 7.66. The smallest absolute Gasteiger partial charge is 0.392 e. The maximum Gasteiger partial charge on any atom is 0.490 e. The Morgan fingerprint density at radius 1 is 1.13 bits per heavy atom. The molecule has 0 aromatic carbocycles. The van der Waals surface area contributed by atoms with Gasteiger partial charge in [0.1, 0.15) is 5.60 Å². The van der Waals surface area contributed by atoms with Crippen molar-refractivity contribution in [1.29, 1.82) is 0 Å². The molecular weight excluding hydrogens is 493 g/mol. The number of phosphoric acid groups is 3. The molecule has 17 nitrogen and oxygen atoms in total. The Balaban J connectivity index is 3.03. The topological polar surface area (TPSA) is 264 Å². The van der Waals surface area contributed by atoms with Crippen LogP contribution < -0.4 is 11.2 Å². The van der Waals surface area contributed by atoms with E-state index in [-0.39, 0.29) is 0 Å². The van der Waals surface area contributed by atoms with Crippen molar-refractivity contribution in [2.45, 2.75) is 31.8 Å². The van der Waals surface area contributed by atoms with Crippen LogP contribution in [0.4, 0.5) is 0 Å². The molecule has 1 rings (SSSR count). The maximum absolute atomic E-state index is 11.9. The largest absolute Gasteiger partial charge is 0.490 e. The van der Waals surface area contributed by atoms with Crippen LogP contribution in [0.2, 0.25) is 0 Å². The van der Waals surface area contributed by atoms with E-state index in [2.05, 4.69) is 13.1 Å². The van der Waals surface area contributed by atoms with E-state index >= 15 is 0 Å². The zero-order valence-electron chi connectivity index (χ0n) is 15.9. The number of phosphoric ester groups is 1. The Hall–Kier alpha value is -1.03. The van der Waals surface area contributed by atoms with Gasteiger partial charge in [0.15, 0.2) is 6.23 Å². The molecule has 5 atom stereocenters. The zero-order valence-corrected chi connectivity index (χ0v) is 18.6. The first kappa shape index (κ1) is 28.0. The molecule has 7 N–H and O–H groups in total. The van der Waals surface area contributed by atoms with Gasteiger partial charge in [-0.25, -0.2) is 18.5 Å². The number of hydrogen-bond acceptors (Lipinski definition) is 11. The van der Waals surface area contributed by atoms with E-state index in [1.807, 2.05) is 4.98 Å².